The van der Waals surface area contributed by atoms with Gasteiger partial charge in [-0.05, 0) is 30.9 Å². The SMILES string of the molecule is CC(C)C(=O)NCC1CCN(c2ccccn2)CC1. The Kier molecular flexibility index (Phi) is 4.77. The minimum Gasteiger partial charge on any atom is -0.357 e. The molecule has 1 aromatic heterocycles. The highest BCUT2D eigenvalue weighted by molar-refractivity contribution is 5.77. The maximum atomic E-state index is 11.5. The van der Waals surface area contributed by atoms with Gasteiger partial charge in [0, 0.05) is 31.7 Å². The molecule has 104 valence electrons. The summed E-state index contributed by atoms with van der Waals surface area (Å²) in [5.41, 5.74) is 0. The summed E-state index contributed by atoms with van der Waals surface area (Å²) in [5, 5.41) is 3.03. The number of amides is 1. The topological polar surface area (TPSA) is 45.2 Å². The highest BCUT2D eigenvalue weighted by Gasteiger charge is 2.20. The van der Waals surface area contributed by atoms with Crippen molar-refractivity contribution in [3.8, 4) is 0 Å². The lowest BCUT2D eigenvalue weighted by Crippen LogP contribution is -2.39. The molecule has 4 nitrogen and oxygen atoms in total. The Bertz CT molecular complexity index is 397. The lowest BCUT2D eigenvalue weighted by Gasteiger charge is -2.32. The summed E-state index contributed by atoms with van der Waals surface area (Å²) < 4.78 is 0. The number of hydrogen-bond acceptors (Lipinski definition) is 3. The van der Waals surface area contributed by atoms with E-state index in [4.69, 9.17) is 0 Å². The average Bonchev–Trinajstić information content (AvgIpc) is 2.46. The molecule has 1 aliphatic heterocycles. The first-order valence-corrected chi connectivity index (χ1v) is 7.10. The number of hydrogen-bond donors (Lipinski definition) is 1. The number of anilines is 1. The van der Waals surface area contributed by atoms with Crippen LogP contribution in [0.2, 0.25) is 0 Å². The van der Waals surface area contributed by atoms with Crippen molar-refractivity contribution >= 4 is 11.7 Å². The average molecular weight is 261 g/mol. The van der Waals surface area contributed by atoms with Gasteiger partial charge in [0.15, 0.2) is 0 Å². The summed E-state index contributed by atoms with van der Waals surface area (Å²) in [7, 11) is 0. The fraction of sp³-hybridized carbons (Fsp3) is 0.600. The fourth-order valence-corrected chi connectivity index (χ4v) is 2.36. The number of aromatic nitrogens is 1. The molecule has 1 saturated heterocycles. The van der Waals surface area contributed by atoms with Crippen molar-refractivity contribution in [3.05, 3.63) is 24.4 Å². The molecule has 0 spiro atoms. The van der Waals surface area contributed by atoms with Gasteiger partial charge in [0.2, 0.25) is 5.91 Å². The van der Waals surface area contributed by atoms with E-state index in [9.17, 15) is 4.79 Å². The minimum absolute atomic E-state index is 0.0774. The Hall–Kier alpha value is -1.58. The molecule has 0 radical (unpaired) electrons. The Morgan fingerprint density at radius 3 is 2.74 bits per heavy atom. The van der Waals surface area contributed by atoms with Gasteiger partial charge in [-0.1, -0.05) is 19.9 Å². The zero-order chi connectivity index (χ0) is 13.7. The highest BCUT2D eigenvalue weighted by atomic mass is 16.1. The predicted molar refractivity (Wildman–Crippen MR) is 77.0 cm³/mol. The van der Waals surface area contributed by atoms with Crippen LogP contribution in [0.4, 0.5) is 5.82 Å². The van der Waals surface area contributed by atoms with Crippen LogP contribution in [0.1, 0.15) is 26.7 Å². The van der Waals surface area contributed by atoms with Crippen LogP contribution in [-0.2, 0) is 4.79 Å². The van der Waals surface area contributed by atoms with Crippen LogP contribution in [0.5, 0.6) is 0 Å². The van der Waals surface area contributed by atoms with Crippen LogP contribution in [0.25, 0.3) is 0 Å². The minimum atomic E-state index is 0.0774. The smallest absolute Gasteiger partial charge is 0.222 e. The molecule has 2 rings (SSSR count). The van der Waals surface area contributed by atoms with Gasteiger partial charge >= 0.3 is 0 Å². The molecule has 2 heterocycles. The van der Waals surface area contributed by atoms with Crippen LogP contribution in [0.15, 0.2) is 24.4 Å². The van der Waals surface area contributed by atoms with Crippen LogP contribution in [0.3, 0.4) is 0 Å². The van der Waals surface area contributed by atoms with Gasteiger partial charge in [-0.2, -0.15) is 0 Å². The molecular weight excluding hydrogens is 238 g/mol. The Balaban J connectivity index is 1.75. The number of rotatable bonds is 4. The molecule has 19 heavy (non-hydrogen) atoms. The van der Waals surface area contributed by atoms with Gasteiger partial charge < -0.3 is 10.2 Å². The van der Waals surface area contributed by atoms with Crippen molar-refractivity contribution in [2.45, 2.75) is 26.7 Å². The van der Waals surface area contributed by atoms with E-state index in [1.807, 2.05) is 32.2 Å². The normalized spacial score (nSPS) is 16.7. The van der Waals surface area contributed by atoms with Gasteiger partial charge in [0.05, 0.1) is 0 Å². The molecule has 0 bridgehead atoms. The van der Waals surface area contributed by atoms with Crippen LogP contribution in [-0.4, -0.2) is 30.5 Å². The molecule has 1 fully saturated rings. The first-order chi connectivity index (χ1) is 9.16. The van der Waals surface area contributed by atoms with Crippen molar-refractivity contribution in [3.63, 3.8) is 0 Å². The van der Waals surface area contributed by atoms with Crippen molar-refractivity contribution in [2.75, 3.05) is 24.5 Å². The molecule has 1 N–H and O–H groups in total. The van der Waals surface area contributed by atoms with E-state index in [0.717, 1.165) is 38.3 Å². The van der Waals surface area contributed by atoms with Crippen molar-refractivity contribution < 1.29 is 4.79 Å². The van der Waals surface area contributed by atoms with E-state index in [0.29, 0.717) is 5.92 Å². The van der Waals surface area contributed by atoms with Gasteiger partial charge in [-0.3, -0.25) is 4.79 Å². The molecule has 1 aromatic rings. The molecule has 0 unspecified atom stereocenters. The monoisotopic (exact) mass is 261 g/mol. The summed E-state index contributed by atoms with van der Waals surface area (Å²) >= 11 is 0. The van der Waals surface area contributed by atoms with Gasteiger partial charge in [0.25, 0.3) is 0 Å². The predicted octanol–water partition coefficient (Wildman–Crippen LogP) is 2.07. The largest absolute Gasteiger partial charge is 0.357 e. The van der Waals surface area contributed by atoms with E-state index < -0.39 is 0 Å². The van der Waals surface area contributed by atoms with Crippen LogP contribution >= 0.6 is 0 Å². The third kappa shape index (κ3) is 3.94. The number of piperidine rings is 1. The van der Waals surface area contributed by atoms with E-state index >= 15 is 0 Å². The lowest BCUT2D eigenvalue weighted by molar-refractivity contribution is -0.124. The summed E-state index contributed by atoms with van der Waals surface area (Å²) in [4.78, 5) is 18.2. The molecule has 1 amide bonds. The van der Waals surface area contributed by atoms with Crippen LogP contribution < -0.4 is 10.2 Å². The second kappa shape index (κ2) is 6.55. The fourth-order valence-electron chi connectivity index (χ4n) is 2.36. The van der Waals surface area contributed by atoms with Crippen LogP contribution in [0, 0.1) is 11.8 Å². The molecule has 4 heteroatoms. The molecule has 0 saturated carbocycles. The van der Waals surface area contributed by atoms with Crippen molar-refractivity contribution in [1.29, 1.82) is 0 Å². The number of nitrogens with one attached hydrogen (secondary N) is 1. The van der Waals surface area contributed by atoms with Crippen molar-refractivity contribution in [2.24, 2.45) is 11.8 Å². The van der Waals surface area contributed by atoms with Gasteiger partial charge in [0.1, 0.15) is 5.82 Å². The molecular formula is C15H23N3O. The first-order valence-electron chi connectivity index (χ1n) is 7.10. The third-order valence-corrected chi connectivity index (χ3v) is 3.68. The lowest BCUT2D eigenvalue weighted by atomic mass is 9.96. The maximum Gasteiger partial charge on any atom is 0.222 e. The standard InChI is InChI=1S/C15H23N3O/c1-12(2)15(19)17-11-13-6-9-18(10-7-13)14-5-3-4-8-16-14/h3-5,8,12-13H,6-7,9-11H2,1-2H3,(H,17,19). The summed E-state index contributed by atoms with van der Waals surface area (Å²) in [6.07, 6.45) is 4.08. The van der Waals surface area contributed by atoms with E-state index in [1.54, 1.807) is 0 Å². The summed E-state index contributed by atoms with van der Waals surface area (Å²) in [6, 6.07) is 6.02. The third-order valence-electron chi connectivity index (χ3n) is 3.68. The number of nitrogens with zero attached hydrogens (tertiary/aromatic N) is 2. The van der Waals surface area contributed by atoms with Gasteiger partial charge in [-0.15, -0.1) is 0 Å². The van der Waals surface area contributed by atoms with Crippen molar-refractivity contribution in [1.82, 2.24) is 10.3 Å². The molecule has 1 aliphatic rings. The Morgan fingerprint density at radius 1 is 1.42 bits per heavy atom. The van der Waals surface area contributed by atoms with E-state index in [-0.39, 0.29) is 11.8 Å². The number of pyridine rings is 1. The second-order valence-corrected chi connectivity index (χ2v) is 5.52. The zero-order valence-electron chi connectivity index (χ0n) is 11.8. The highest BCUT2D eigenvalue weighted by Crippen LogP contribution is 2.20. The molecule has 0 aliphatic carbocycles. The zero-order valence-corrected chi connectivity index (χ0v) is 11.8. The quantitative estimate of drug-likeness (QED) is 0.902. The second-order valence-electron chi connectivity index (χ2n) is 5.52. The Morgan fingerprint density at radius 2 is 2.16 bits per heavy atom. The van der Waals surface area contributed by atoms with E-state index in [1.165, 1.54) is 0 Å². The number of carbonyl (C=O) groups excluding carboxylic acids is 1. The van der Waals surface area contributed by atoms with E-state index in [2.05, 4.69) is 21.3 Å². The maximum absolute atomic E-state index is 11.5. The molecule has 0 aromatic carbocycles. The summed E-state index contributed by atoms with van der Waals surface area (Å²) in [5.74, 6) is 1.90. The first kappa shape index (κ1) is 13.8. The number of carbonyl (C=O) groups is 1. The summed E-state index contributed by atoms with van der Waals surface area (Å²) in [6.45, 7) is 6.73. The Labute approximate surface area is 115 Å². The molecule has 0 atom stereocenters. The van der Waals surface area contributed by atoms with Gasteiger partial charge in [-0.25, -0.2) is 4.98 Å².